The predicted octanol–water partition coefficient (Wildman–Crippen LogP) is 4.85. The number of aromatic nitrogens is 1. The van der Waals surface area contributed by atoms with Gasteiger partial charge in [-0.25, -0.2) is 13.3 Å². The molecular formula is C21H20F4N2O5S2. The number of nitrogens with zero attached hydrogens (tertiary/aromatic N) is 1. The number of rotatable bonds is 7. The Morgan fingerprint density at radius 2 is 1.62 bits per heavy atom. The maximum atomic E-state index is 13.5. The zero-order valence-corrected chi connectivity index (χ0v) is 19.7. The van der Waals surface area contributed by atoms with Gasteiger partial charge >= 0.3 is 15.6 Å². The second-order valence-corrected chi connectivity index (χ2v) is 11.6. The maximum Gasteiger partial charge on any atom is 0.534 e. The molecule has 1 N–H and O–H groups in total. The molecule has 34 heavy (non-hydrogen) atoms. The van der Waals surface area contributed by atoms with Gasteiger partial charge in [0.2, 0.25) is 5.89 Å². The number of alkyl halides is 3. The quantitative estimate of drug-likeness (QED) is 0.272. The number of hydrogen-bond acceptors (Lipinski definition) is 6. The first-order valence-electron chi connectivity index (χ1n) is 9.69. The summed E-state index contributed by atoms with van der Waals surface area (Å²) in [7, 11) is -7.92. The fraction of sp³-hybridized carbons (Fsp3) is 0.286. The monoisotopic (exact) mass is 520 g/mol. The van der Waals surface area contributed by atoms with Crippen molar-refractivity contribution in [3.8, 4) is 17.3 Å². The largest absolute Gasteiger partial charge is 0.534 e. The van der Waals surface area contributed by atoms with E-state index in [2.05, 4.69) is 13.9 Å². The Bertz CT molecular complexity index is 1270. The molecule has 0 bridgehead atoms. The second-order valence-electron chi connectivity index (χ2n) is 8.02. The van der Waals surface area contributed by atoms with Crippen LogP contribution in [0.15, 0.2) is 59.0 Å². The van der Waals surface area contributed by atoms with Crippen molar-refractivity contribution in [2.75, 3.05) is 0 Å². The summed E-state index contributed by atoms with van der Waals surface area (Å²) in [6.45, 7) is 4.91. The molecule has 0 radical (unpaired) electrons. The summed E-state index contributed by atoms with van der Waals surface area (Å²) in [6.07, 6.45) is 0. The lowest BCUT2D eigenvalue weighted by molar-refractivity contribution is -0.0501. The van der Waals surface area contributed by atoms with E-state index in [1.165, 1.54) is 24.3 Å². The van der Waals surface area contributed by atoms with E-state index in [0.29, 0.717) is 5.56 Å². The van der Waals surface area contributed by atoms with Gasteiger partial charge in [0.25, 0.3) is 5.88 Å². The molecule has 3 rings (SSSR count). The van der Waals surface area contributed by atoms with Crippen molar-refractivity contribution in [3.63, 3.8) is 0 Å². The van der Waals surface area contributed by atoms with Crippen molar-refractivity contribution in [3.05, 3.63) is 71.7 Å². The molecule has 13 heteroatoms. The van der Waals surface area contributed by atoms with E-state index < -0.39 is 54.9 Å². The van der Waals surface area contributed by atoms with Gasteiger partial charge in [0, 0.05) is 5.56 Å². The summed E-state index contributed by atoms with van der Waals surface area (Å²) in [6, 6.07) is 11.4. The van der Waals surface area contributed by atoms with Gasteiger partial charge in [-0.3, -0.25) is 0 Å². The van der Waals surface area contributed by atoms with Crippen LogP contribution in [-0.2, 0) is 21.1 Å². The van der Waals surface area contributed by atoms with Crippen LogP contribution in [0.4, 0.5) is 17.6 Å². The summed E-state index contributed by atoms with van der Waals surface area (Å²) in [5.41, 5.74) is -5.20. The molecule has 0 unspecified atom stereocenters. The van der Waals surface area contributed by atoms with Crippen LogP contribution in [0.2, 0.25) is 0 Å². The third-order valence-corrected chi connectivity index (χ3v) is 6.87. The van der Waals surface area contributed by atoms with Crippen LogP contribution in [-0.4, -0.2) is 27.9 Å². The fourth-order valence-electron chi connectivity index (χ4n) is 2.63. The number of oxazole rings is 1. The summed E-state index contributed by atoms with van der Waals surface area (Å²) in [5, 5.41) is 0. The number of nitrogens with one attached hydrogen (secondary N) is 1. The first-order valence-corrected chi connectivity index (χ1v) is 12.3. The highest BCUT2D eigenvalue weighted by atomic mass is 32.2. The van der Waals surface area contributed by atoms with Crippen LogP contribution >= 0.6 is 0 Å². The van der Waals surface area contributed by atoms with Crippen LogP contribution in [0.1, 0.15) is 38.1 Å². The highest BCUT2D eigenvalue weighted by molar-refractivity contribution is 7.88. The standard InChI is InChI=1S/C21H20F4N2O5S2/c1-20(2,3)33(28)27-16(13-9-11-15(22)12-10-13)17-19(32-34(29,30)21(23,24)25)26-18(31-17)14-7-5-4-6-8-14/h4-12,16,27H,1-3H3/t16-,33+/m1/s1. The molecule has 1 heterocycles. The van der Waals surface area contributed by atoms with Gasteiger partial charge in [-0.1, -0.05) is 30.3 Å². The number of halogens is 4. The molecule has 0 amide bonds. The zero-order valence-electron chi connectivity index (χ0n) is 18.1. The molecule has 0 fully saturated rings. The summed E-state index contributed by atoms with van der Waals surface area (Å²) >= 11 is 0. The summed E-state index contributed by atoms with van der Waals surface area (Å²) in [5.74, 6) is -2.32. The van der Waals surface area contributed by atoms with Crippen LogP contribution in [0.5, 0.6) is 5.88 Å². The van der Waals surface area contributed by atoms with E-state index in [4.69, 9.17) is 4.42 Å². The minimum Gasteiger partial charge on any atom is -0.435 e. The van der Waals surface area contributed by atoms with E-state index >= 15 is 0 Å². The molecule has 0 spiro atoms. The van der Waals surface area contributed by atoms with Crippen molar-refractivity contribution in [1.29, 1.82) is 0 Å². The van der Waals surface area contributed by atoms with Gasteiger partial charge in [-0.2, -0.15) is 26.6 Å². The molecule has 184 valence electrons. The lowest BCUT2D eigenvalue weighted by Gasteiger charge is -2.23. The third kappa shape index (κ3) is 5.83. The molecule has 3 aromatic rings. The Kier molecular flexibility index (Phi) is 7.20. The van der Waals surface area contributed by atoms with E-state index in [1.54, 1.807) is 39.0 Å². The van der Waals surface area contributed by atoms with Crippen LogP contribution < -0.4 is 8.91 Å². The van der Waals surface area contributed by atoms with Gasteiger partial charge in [-0.05, 0) is 50.6 Å². The summed E-state index contributed by atoms with van der Waals surface area (Å²) < 4.78 is 101. The Morgan fingerprint density at radius 3 is 2.15 bits per heavy atom. The second kappa shape index (κ2) is 9.47. The highest BCUT2D eigenvalue weighted by Crippen LogP contribution is 2.37. The summed E-state index contributed by atoms with van der Waals surface area (Å²) in [4.78, 5) is 3.83. The van der Waals surface area contributed by atoms with Gasteiger partial charge in [0.1, 0.15) is 11.9 Å². The molecule has 0 aliphatic heterocycles. The predicted molar refractivity (Wildman–Crippen MR) is 117 cm³/mol. The van der Waals surface area contributed by atoms with E-state index in [9.17, 15) is 30.2 Å². The van der Waals surface area contributed by atoms with Gasteiger partial charge in [0.05, 0.1) is 15.7 Å². The average molecular weight is 521 g/mol. The van der Waals surface area contributed by atoms with Crippen LogP contribution in [0.25, 0.3) is 11.5 Å². The SMILES string of the molecule is CC(C)(C)[S@](=O)N[C@H](c1ccc(F)cc1)c1oc(-c2ccccc2)nc1OS(=O)(=O)C(F)(F)F. The van der Waals surface area contributed by atoms with E-state index in [0.717, 1.165) is 12.1 Å². The van der Waals surface area contributed by atoms with Crippen molar-refractivity contribution >= 4 is 21.1 Å². The number of benzene rings is 2. The molecule has 7 nitrogen and oxygen atoms in total. The minimum atomic E-state index is -6.11. The molecule has 0 aliphatic carbocycles. The highest BCUT2D eigenvalue weighted by Gasteiger charge is 2.50. The first kappa shape index (κ1) is 25.8. The Labute approximate surface area is 195 Å². The molecule has 2 atom stereocenters. The van der Waals surface area contributed by atoms with Crippen molar-refractivity contribution < 1.29 is 38.8 Å². The maximum absolute atomic E-state index is 13.5. The Hall–Kier alpha value is -2.77. The van der Waals surface area contributed by atoms with Crippen LogP contribution in [0, 0.1) is 5.82 Å². The van der Waals surface area contributed by atoms with Crippen molar-refractivity contribution in [1.82, 2.24) is 9.71 Å². The first-order chi connectivity index (χ1) is 15.7. The molecule has 0 aliphatic rings. The lowest BCUT2D eigenvalue weighted by atomic mass is 10.1. The number of hydrogen-bond donors (Lipinski definition) is 1. The minimum absolute atomic E-state index is 0.212. The molecule has 0 saturated heterocycles. The normalized spacial score (nSPS) is 14.6. The van der Waals surface area contributed by atoms with E-state index in [-0.39, 0.29) is 11.5 Å². The van der Waals surface area contributed by atoms with Crippen molar-refractivity contribution in [2.24, 2.45) is 0 Å². The van der Waals surface area contributed by atoms with Crippen molar-refractivity contribution in [2.45, 2.75) is 37.1 Å². The van der Waals surface area contributed by atoms with Crippen LogP contribution in [0.3, 0.4) is 0 Å². The molecule has 0 saturated carbocycles. The van der Waals surface area contributed by atoms with E-state index in [1.807, 2.05) is 0 Å². The smallest absolute Gasteiger partial charge is 0.435 e. The Morgan fingerprint density at radius 1 is 1.03 bits per heavy atom. The molecular weight excluding hydrogens is 500 g/mol. The lowest BCUT2D eigenvalue weighted by Crippen LogP contribution is -2.36. The zero-order chi connectivity index (χ0) is 25.3. The topological polar surface area (TPSA) is 98.5 Å². The molecule has 1 aromatic heterocycles. The molecule has 2 aromatic carbocycles. The average Bonchev–Trinajstić information content (AvgIpc) is 3.14. The van der Waals surface area contributed by atoms with Gasteiger partial charge in [0.15, 0.2) is 5.76 Å². The van der Waals surface area contributed by atoms with Gasteiger partial charge in [-0.15, -0.1) is 0 Å². The Balaban J connectivity index is 2.20. The fourth-order valence-corrected chi connectivity index (χ4v) is 3.86. The third-order valence-electron chi connectivity index (χ3n) is 4.36. The van der Waals surface area contributed by atoms with Gasteiger partial charge < -0.3 is 8.60 Å².